The minimum absolute atomic E-state index is 0.0944. The second-order valence-corrected chi connectivity index (χ2v) is 17.3. The van der Waals surface area contributed by atoms with E-state index in [0.29, 0.717) is 11.6 Å². The summed E-state index contributed by atoms with van der Waals surface area (Å²) in [6, 6.07) is 8.24. The van der Waals surface area contributed by atoms with Crippen LogP contribution in [0.15, 0.2) is 140 Å². The van der Waals surface area contributed by atoms with Crippen LogP contribution in [0.25, 0.3) is 10.8 Å². The molecule has 2 nitrogen and oxygen atoms in total. The summed E-state index contributed by atoms with van der Waals surface area (Å²) in [6.45, 7) is 0.326. The van der Waals surface area contributed by atoms with Gasteiger partial charge in [-0.15, -0.1) is 0 Å². The van der Waals surface area contributed by atoms with E-state index >= 15 is 0 Å². The van der Waals surface area contributed by atoms with Gasteiger partial charge in [0.2, 0.25) is 12.3 Å². The predicted octanol–water partition coefficient (Wildman–Crippen LogP) is 14.9. The number of halogens is 25. The number of hydrogen-bond donors (Lipinski definition) is 0. The van der Waals surface area contributed by atoms with Crippen molar-refractivity contribution in [3.63, 3.8) is 0 Å². The van der Waals surface area contributed by atoms with Gasteiger partial charge in [-0.05, 0) is 41.8 Å². The van der Waals surface area contributed by atoms with Crippen LogP contribution in [0.3, 0.4) is 0 Å². The van der Waals surface area contributed by atoms with Crippen LogP contribution >= 0.6 is 11.6 Å². The molecule has 0 bridgehead atoms. The number of aromatic nitrogens is 1. The lowest BCUT2D eigenvalue weighted by Crippen LogP contribution is -2.75. The molecule has 7 rings (SSSR count). The molecule has 0 atom stereocenters. The smallest absolute Gasteiger partial charge is 0.287 e. The van der Waals surface area contributed by atoms with Crippen LogP contribution in [0.2, 0.25) is 5.02 Å². The molecule has 0 N–H and O–H groups in total. The summed E-state index contributed by atoms with van der Waals surface area (Å²) in [5.41, 5.74) is -29.5. The maximum Gasteiger partial charge on any atom is 0.416 e. The van der Waals surface area contributed by atoms with E-state index < -0.39 is 195 Å². The molecule has 0 saturated heterocycles. The van der Waals surface area contributed by atoms with Crippen molar-refractivity contribution in [1.82, 2.24) is 0 Å². The van der Waals surface area contributed by atoms with Crippen LogP contribution < -0.4 is 26.4 Å². The molecule has 7 aromatic rings. The summed E-state index contributed by atoms with van der Waals surface area (Å²) in [5.74, 6) is 0.0944. The summed E-state index contributed by atoms with van der Waals surface area (Å²) < 4.78 is 343. The average Bonchev–Trinajstić information content (AvgIpc) is 3.29. The van der Waals surface area contributed by atoms with Crippen molar-refractivity contribution in [3.8, 4) is 0 Å². The fourth-order valence-corrected chi connectivity index (χ4v) is 8.44. The number of hydrogen-bond acceptors (Lipinski definition) is 1. The molecule has 6 aromatic carbocycles. The van der Waals surface area contributed by atoms with Crippen LogP contribution in [0.4, 0.5) is 105 Å². The lowest BCUT2D eigenvalue weighted by molar-refractivity contribution is -0.681. The second kappa shape index (κ2) is 20.5. The Morgan fingerprint density at radius 3 is 0.922 bits per heavy atom. The highest BCUT2D eigenvalue weighted by Gasteiger charge is 2.47. The minimum Gasteiger partial charge on any atom is -0.287 e. The van der Waals surface area contributed by atoms with Crippen molar-refractivity contribution in [2.75, 3.05) is 0 Å². The van der Waals surface area contributed by atoms with Gasteiger partial charge in [0.05, 0.1) is 44.5 Å². The third-order valence-corrected chi connectivity index (χ3v) is 11.9. The third-order valence-electron chi connectivity index (χ3n) is 11.7. The number of carbonyl (C=O) groups is 1. The zero-order valence-corrected chi connectivity index (χ0v) is 38.1. The Morgan fingerprint density at radius 1 is 0.364 bits per heavy atom. The molecule has 1 aromatic heterocycles. The van der Waals surface area contributed by atoms with Crippen molar-refractivity contribution in [1.29, 1.82) is 0 Å². The summed E-state index contributed by atoms with van der Waals surface area (Å²) in [5, 5.41) is 2.84. The molecule has 0 aliphatic heterocycles. The van der Waals surface area contributed by atoms with E-state index in [1.54, 1.807) is 0 Å². The van der Waals surface area contributed by atoms with Crippen molar-refractivity contribution in [2.24, 2.45) is 0 Å². The van der Waals surface area contributed by atoms with E-state index in [0.717, 1.165) is 16.3 Å². The molecule has 0 fully saturated rings. The standard InChI is InChI=1S/C32H12BF24.C17H13ClNO/c34-25(35,36)13-1-14(26(37,38)39)6-21(5-13)33(22-7-15(27(40,41)42)2-16(8-22)28(43,44)45,23-9-17(29(46,47)48)3-18(10-23)30(49,50)51)24-11-19(31(52,53)54)4-20(12-24)32(55,56)57;18-16-7-6-13-8-9-19(11-15(13)10-16)12-17(20)14-4-2-1-3-5-14/h1-12H;1-11H,12H2/q-1;+1. The second-order valence-electron chi connectivity index (χ2n) is 16.9. The number of benzene rings is 6. The van der Waals surface area contributed by atoms with Gasteiger partial charge in [-0.25, -0.2) is 0 Å². The fourth-order valence-electron chi connectivity index (χ4n) is 8.26. The number of ketones is 1. The molecule has 28 heteroatoms. The first-order chi connectivity index (χ1) is 35.0. The summed E-state index contributed by atoms with van der Waals surface area (Å²) >= 11 is 6.00. The molecule has 0 aliphatic carbocycles. The molecule has 0 aliphatic rings. The first-order valence-corrected chi connectivity index (χ1v) is 21.4. The third kappa shape index (κ3) is 13.6. The number of pyridine rings is 1. The van der Waals surface area contributed by atoms with Crippen molar-refractivity contribution < 1.29 is 115 Å². The highest BCUT2D eigenvalue weighted by molar-refractivity contribution is 7.20. The Kier molecular flexibility index (Phi) is 15.8. The monoisotopic (exact) mass is 1150 g/mol. The number of Topliss-reactive ketones (excluding diaryl/α,β-unsaturated/α-hetero) is 1. The van der Waals surface area contributed by atoms with Crippen molar-refractivity contribution in [3.05, 3.63) is 195 Å². The van der Waals surface area contributed by atoms with E-state index in [2.05, 4.69) is 0 Å². The van der Waals surface area contributed by atoms with Gasteiger partial charge in [0.1, 0.15) is 6.15 Å². The molecular formula is C49H25BClF24NO. The zero-order valence-electron chi connectivity index (χ0n) is 37.4. The van der Waals surface area contributed by atoms with Gasteiger partial charge in [0.25, 0.3) is 0 Å². The number of alkyl halides is 24. The quantitative estimate of drug-likeness (QED) is 0.0674. The Balaban J connectivity index is 0.000000397. The van der Waals surface area contributed by atoms with Gasteiger partial charge < -0.3 is 0 Å². The van der Waals surface area contributed by atoms with E-state index in [1.807, 2.05) is 71.6 Å². The first-order valence-electron chi connectivity index (χ1n) is 21.0. The van der Waals surface area contributed by atoms with E-state index in [4.69, 9.17) is 11.6 Å². The average molecular weight is 1150 g/mol. The lowest BCUT2D eigenvalue weighted by Gasteiger charge is -2.46. The summed E-state index contributed by atoms with van der Waals surface area (Å²) in [7, 11) is 0. The molecule has 0 spiro atoms. The maximum absolute atomic E-state index is 14.2. The van der Waals surface area contributed by atoms with Gasteiger partial charge in [0.15, 0.2) is 12.4 Å². The van der Waals surface area contributed by atoms with E-state index in [1.165, 1.54) is 0 Å². The van der Waals surface area contributed by atoms with Gasteiger partial charge >= 0.3 is 49.4 Å². The minimum atomic E-state index is -6.13. The number of fused-ring (bicyclic) bond motifs is 1. The van der Waals surface area contributed by atoms with Crippen LogP contribution in [0.5, 0.6) is 0 Å². The zero-order chi connectivity index (χ0) is 57.9. The van der Waals surface area contributed by atoms with Crippen LogP contribution in [-0.2, 0) is 56.0 Å². The first kappa shape index (κ1) is 59.3. The van der Waals surface area contributed by atoms with Gasteiger partial charge in [-0.1, -0.05) is 96.5 Å². The molecule has 0 amide bonds. The Bertz CT molecular complexity index is 2870. The van der Waals surface area contributed by atoms with Gasteiger partial charge in [-0.3, -0.25) is 4.79 Å². The SMILES string of the molecule is FC(F)(F)c1cc([B-](c2cc(C(F)(F)F)cc(C(F)(F)F)c2)(c2cc(C(F)(F)F)cc(C(F)(F)F)c2)c2cc(C(F)(F)F)cc(C(F)(F)F)c2)cc(C(F)(F)F)c1.O=C(C[n+]1ccc2ccc(Cl)cc2c1)c1ccccc1. The van der Waals surface area contributed by atoms with E-state index in [9.17, 15) is 110 Å². The topological polar surface area (TPSA) is 20.9 Å². The number of nitrogens with zero attached hydrogens (tertiary/aromatic N) is 1. The van der Waals surface area contributed by atoms with Crippen LogP contribution in [0.1, 0.15) is 54.9 Å². The Morgan fingerprint density at radius 2 is 0.649 bits per heavy atom. The maximum atomic E-state index is 14.2. The highest BCUT2D eigenvalue weighted by Crippen LogP contribution is 2.41. The number of carbonyl (C=O) groups excluding carboxylic acids is 1. The summed E-state index contributed by atoms with van der Waals surface area (Å²) in [6.07, 6.45) is -50.9. The van der Waals surface area contributed by atoms with E-state index in [-0.39, 0.29) is 5.78 Å². The normalized spacial score (nSPS) is 13.4. The molecule has 1 heterocycles. The van der Waals surface area contributed by atoms with Crippen molar-refractivity contribution >= 4 is 56.2 Å². The molecule has 0 saturated carbocycles. The van der Waals surface area contributed by atoms with Gasteiger partial charge in [-0.2, -0.15) is 132 Å². The molecular weight excluding hydrogens is 1120 g/mol. The number of rotatable bonds is 7. The highest BCUT2D eigenvalue weighted by atomic mass is 35.5. The largest absolute Gasteiger partial charge is 0.416 e. The summed E-state index contributed by atoms with van der Waals surface area (Å²) in [4.78, 5) is 12.2. The van der Waals surface area contributed by atoms with Crippen LogP contribution in [-0.4, -0.2) is 11.9 Å². The molecule has 0 radical (unpaired) electrons. The van der Waals surface area contributed by atoms with Crippen molar-refractivity contribution in [2.45, 2.75) is 56.0 Å². The van der Waals surface area contributed by atoms with Crippen LogP contribution in [0, 0.1) is 0 Å². The van der Waals surface area contributed by atoms with Gasteiger partial charge in [0, 0.05) is 22.0 Å². The Labute approximate surface area is 421 Å². The Hall–Kier alpha value is -6.93. The molecule has 77 heavy (non-hydrogen) atoms. The molecule has 0 unspecified atom stereocenters. The predicted molar refractivity (Wildman–Crippen MR) is 230 cm³/mol. The molecule has 410 valence electrons. The fraction of sp³-hybridized carbons (Fsp3) is 0.184. The lowest BCUT2D eigenvalue weighted by atomic mass is 9.12.